The molecule has 0 radical (unpaired) electrons. The first kappa shape index (κ1) is 12.8. The van der Waals surface area contributed by atoms with Crippen LogP contribution in [0.3, 0.4) is 0 Å². The zero-order valence-electron chi connectivity index (χ0n) is 7.73. The summed E-state index contributed by atoms with van der Waals surface area (Å²) < 4.78 is 31.3. The largest absolute Gasteiger partial charge is 0.394 e. The van der Waals surface area contributed by atoms with Gasteiger partial charge in [-0.25, -0.2) is 0 Å². The molecule has 0 saturated carbocycles. The van der Waals surface area contributed by atoms with Gasteiger partial charge < -0.3 is 9.84 Å². The maximum absolute atomic E-state index is 10.9. The fourth-order valence-electron chi connectivity index (χ4n) is 0.695. The van der Waals surface area contributed by atoms with E-state index < -0.39 is 10.1 Å². The molecule has 0 aromatic heterocycles. The summed E-state index contributed by atoms with van der Waals surface area (Å²) in [6.07, 6.45) is 0.541. The normalized spacial score (nSPS) is 11.8. The Bertz CT molecular complexity index is 199. The van der Waals surface area contributed by atoms with Crippen molar-refractivity contribution in [2.24, 2.45) is 0 Å². The summed E-state index contributed by atoms with van der Waals surface area (Å²) in [5.74, 6) is 0.0347. The van der Waals surface area contributed by atoms with Crippen molar-refractivity contribution >= 4 is 10.1 Å². The molecule has 0 amide bonds. The van der Waals surface area contributed by atoms with Gasteiger partial charge in [-0.15, -0.1) is 0 Å². The molecular weight excluding hydrogens is 196 g/mol. The molecule has 13 heavy (non-hydrogen) atoms. The topological polar surface area (TPSA) is 72.8 Å². The quantitative estimate of drug-likeness (QED) is 0.444. The zero-order valence-corrected chi connectivity index (χ0v) is 8.55. The van der Waals surface area contributed by atoms with Crippen LogP contribution in [0.25, 0.3) is 0 Å². The summed E-state index contributed by atoms with van der Waals surface area (Å²) in [5, 5.41) is 8.33. The second-order valence-electron chi connectivity index (χ2n) is 2.42. The van der Waals surface area contributed by atoms with Crippen molar-refractivity contribution in [3.63, 3.8) is 0 Å². The molecule has 0 atom stereocenters. The van der Waals surface area contributed by atoms with E-state index in [4.69, 9.17) is 9.84 Å². The van der Waals surface area contributed by atoms with Gasteiger partial charge in [0.1, 0.15) is 0 Å². The maximum atomic E-state index is 10.9. The Kier molecular flexibility index (Phi) is 7.16. The average molecular weight is 212 g/mol. The lowest BCUT2D eigenvalue weighted by Gasteiger charge is -2.04. The fraction of sp³-hybridized carbons (Fsp3) is 1.00. The van der Waals surface area contributed by atoms with E-state index in [9.17, 15) is 8.42 Å². The minimum Gasteiger partial charge on any atom is -0.394 e. The van der Waals surface area contributed by atoms with Crippen LogP contribution in [-0.4, -0.2) is 45.7 Å². The van der Waals surface area contributed by atoms with E-state index in [1.807, 2.05) is 0 Å². The Morgan fingerprint density at radius 3 is 2.46 bits per heavy atom. The van der Waals surface area contributed by atoms with E-state index >= 15 is 0 Å². The van der Waals surface area contributed by atoms with E-state index in [0.29, 0.717) is 6.42 Å². The Hall–Kier alpha value is -0.170. The smallest absolute Gasteiger partial charge is 0.267 e. The van der Waals surface area contributed by atoms with Gasteiger partial charge in [-0.2, -0.15) is 8.42 Å². The van der Waals surface area contributed by atoms with Crippen LogP contribution in [0, 0.1) is 0 Å². The fourth-order valence-corrected chi connectivity index (χ4v) is 1.64. The minimum absolute atomic E-state index is 0.0162. The Balaban J connectivity index is 3.41. The monoisotopic (exact) mass is 212 g/mol. The number of rotatable bonds is 8. The SMILES string of the molecule is CCCS(=O)(=O)OCCOCCO. The lowest BCUT2D eigenvalue weighted by molar-refractivity contribution is 0.0719. The lowest BCUT2D eigenvalue weighted by atomic mass is 10.6. The highest BCUT2D eigenvalue weighted by Gasteiger charge is 2.08. The third kappa shape index (κ3) is 8.17. The molecule has 0 saturated heterocycles. The van der Waals surface area contributed by atoms with E-state index in [-0.39, 0.29) is 32.2 Å². The highest BCUT2D eigenvalue weighted by atomic mass is 32.2. The van der Waals surface area contributed by atoms with Crippen molar-refractivity contribution in [3.8, 4) is 0 Å². The van der Waals surface area contributed by atoms with Crippen molar-refractivity contribution in [2.45, 2.75) is 13.3 Å². The van der Waals surface area contributed by atoms with Crippen LogP contribution in [0.1, 0.15) is 13.3 Å². The number of aliphatic hydroxyl groups excluding tert-OH is 1. The van der Waals surface area contributed by atoms with Gasteiger partial charge in [0.15, 0.2) is 0 Å². The van der Waals surface area contributed by atoms with Crippen LogP contribution in [-0.2, 0) is 19.0 Å². The van der Waals surface area contributed by atoms with E-state index in [1.54, 1.807) is 6.92 Å². The summed E-state index contributed by atoms with van der Waals surface area (Å²) in [6, 6.07) is 0. The van der Waals surface area contributed by atoms with Crippen molar-refractivity contribution in [1.29, 1.82) is 0 Å². The molecule has 80 valence electrons. The predicted molar refractivity (Wildman–Crippen MR) is 47.9 cm³/mol. The second kappa shape index (κ2) is 7.25. The molecule has 0 aliphatic rings. The summed E-state index contributed by atoms with van der Waals surface area (Å²) >= 11 is 0. The van der Waals surface area contributed by atoms with Crippen LogP contribution in [0.2, 0.25) is 0 Å². The van der Waals surface area contributed by atoms with Crippen LogP contribution in [0.5, 0.6) is 0 Å². The first-order chi connectivity index (χ1) is 6.12. The molecule has 0 aliphatic heterocycles. The van der Waals surface area contributed by atoms with Gasteiger partial charge in [0.25, 0.3) is 10.1 Å². The lowest BCUT2D eigenvalue weighted by Crippen LogP contribution is -2.14. The maximum Gasteiger partial charge on any atom is 0.267 e. The van der Waals surface area contributed by atoms with Crippen molar-refractivity contribution < 1.29 is 22.4 Å². The summed E-state index contributed by atoms with van der Waals surface area (Å²) in [5.41, 5.74) is 0. The molecule has 6 heteroatoms. The van der Waals surface area contributed by atoms with Crippen molar-refractivity contribution in [1.82, 2.24) is 0 Å². The van der Waals surface area contributed by atoms with Crippen LogP contribution < -0.4 is 0 Å². The average Bonchev–Trinajstić information content (AvgIpc) is 2.04. The summed E-state index contributed by atoms with van der Waals surface area (Å²) in [4.78, 5) is 0. The molecule has 5 nitrogen and oxygen atoms in total. The molecule has 0 aromatic rings. The molecule has 0 rings (SSSR count). The van der Waals surface area contributed by atoms with Gasteiger partial charge in [-0.3, -0.25) is 4.18 Å². The third-order valence-electron chi connectivity index (χ3n) is 1.18. The highest BCUT2D eigenvalue weighted by molar-refractivity contribution is 7.86. The standard InChI is InChI=1S/C7H16O5S/c1-2-7-13(9,10)12-6-5-11-4-3-8/h8H,2-7H2,1H3. The van der Waals surface area contributed by atoms with Gasteiger partial charge >= 0.3 is 0 Å². The van der Waals surface area contributed by atoms with Gasteiger partial charge in [-0.05, 0) is 6.42 Å². The van der Waals surface area contributed by atoms with Crippen molar-refractivity contribution in [2.75, 3.05) is 32.2 Å². The van der Waals surface area contributed by atoms with Gasteiger partial charge in [0.2, 0.25) is 0 Å². The minimum atomic E-state index is -3.36. The first-order valence-electron chi connectivity index (χ1n) is 4.18. The number of hydrogen-bond acceptors (Lipinski definition) is 5. The number of ether oxygens (including phenoxy) is 1. The molecule has 0 aromatic carbocycles. The second-order valence-corrected chi connectivity index (χ2v) is 4.18. The van der Waals surface area contributed by atoms with Crippen LogP contribution >= 0.6 is 0 Å². The van der Waals surface area contributed by atoms with E-state index in [2.05, 4.69) is 4.18 Å². The van der Waals surface area contributed by atoms with Crippen molar-refractivity contribution in [3.05, 3.63) is 0 Å². The third-order valence-corrected chi connectivity index (χ3v) is 2.61. The Morgan fingerprint density at radius 2 is 1.92 bits per heavy atom. The van der Waals surface area contributed by atoms with Gasteiger partial charge in [0, 0.05) is 0 Å². The molecule has 0 bridgehead atoms. The van der Waals surface area contributed by atoms with Gasteiger partial charge in [0.05, 0.1) is 32.2 Å². The Labute approximate surface area is 78.8 Å². The summed E-state index contributed by atoms with van der Waals surface area (Å²) in [6.45, 7) is 2.11. The molecule has 0 spiro atoms. The Morgan fingerprint density at radius 1 is 1.23 bits per heavy atom. The molecule has 1 N–H and O–H groups in total. The van der Waals surface area contributed by atoms with Gasteiger partial charge in [-0.1, -0.05) is 6.92 Å². The van der Waals surface area contributed by atoms with E-state index in [1.165, 1.54) is 0 Å². The number of hydrogen-bond donors (Lipinski definition) is 1. The van der Waals surface area contributed by atoms with Crippen LogP contribution in [0.15, 0.2) is 0 Å². The first-order valence-corrected chi connectivity index (χ1v) is 5.76. The number of aliphatic hydroxyl groups is 1. The molecular formula is C7H16O5S. The predicted octanol–water partition coefficient (Wildman–Crippen LogP) is -0.248. The highest BCUT2D eigenvalue weighted by Crippen LogP contribution is 1.95. The zero-order chi connectivity index (χ0) is 10.2. The molecule has 0 fully saturated rings. The van der Waals surface area contributed by atoms with Crippen LogP contribution in [0.4, 0.5) is 0 Å². The molecule has 0 unspecified atom stereocenters. The van der Waals surface area contributed by atoms with E-state index in [0.717, 1.165) is 0 Å². The molecule has 0 aliphatic carbocycles. The summed E-state index contributed by atoms with van der Waals surface area (Å²) in [7, 11) is -3.36. The molecule has 0 heterocycles.